The van der Waals surface area contributed by atoms with E-state index < -0.39 is 6.09 Å². The molecule has 0 saturated heterocycles. The van der Waals surface area contributed by atoms with Gasteiger partial charge in [0, 0.05) is 36.6 Å². The molecule has 4 aromatic rings. The van der Waals surface area contributed by atoms with Gasteiger partial charge < -0.3 is 15.7 Å². The zero-order chi connectivity index (χ0) is 23.7. The van der Waals surface area contributed by atoms with Crippen molar-refractivity contribution in [3.8, 4) is 5.82 Å². The fourth-order valence-corrected chi connectivity index (χ4v) is 4.33. The molecule has 1 aliphatic rings. The number of carbonyl (C=O) groups is 2. The Kier molecular flexibility index (Phi) is 5.66. The van der Waals surface area contributed by atoms with Gasteiger partial charge in [0.25, 0.3) is 5.91 Å². The summed E-state index contributed by atoms with van der Waals surface area (Å²) in [6.07, 6.45) is 8.66. The molecule has 5 rings (SSSR count). The number of rotatable bonds is 5. The van der Waals surface area contributed by atoms with Crippen LogP contribution in [0.3, 0.4) is 0 Å². The molecule has 4 heterocycles. The topological polar surface area (TPSA) is 139 Å². The summed E-state index contributed by atoms with van der Waals surface area (Å²) >= 11 is 0. The summed E-state index contributed by atoms with van der Waals surface area (Å²) in [5, 5.41) is 23.5. The second-order valence-corrected chi connectivity index (χ2v) is 8.46. The van der Waals surface area contributed by atoms with Crippen molar-refractivity contribution in [3.05, 3.63) is 65.9 Å². The maximum Gasteiger partial charge on any atom is 0.404 e. The van der Waals surface area contributed by atoms with Crippen molar-refractivity contribution in [1.29, 1.82) is 0 Å². The van der Waals surface area contributed by atoms with E-state index in [2.05, 4.69) is 25.7 Å². The number of nitrogens with zero attached hydrogens (tertiary/aromatic N) is 6. The van der Waals surface area contributed by atoms with E-state index >= 15 is 0 Å². The number of carbonyl (C=O) groups excluding carboxylic acids is 1. The van der Waals surface area contributed by atoms with Crippen molar-refractivity contribution in [2.75, 3.05) is 5.32 Å². The summed E-state index contributed by atoms with van der Waals surface area (Å²) in [5.74, 6) is 0.902. The molecule has 3 N–H and O–H groups in total. The number of nitrogens with one attached hydrogen (secondary N) is 2. The van der Waals surface area contributed by atoms with Gasteiger partial charge in [0.1, 0.15) is 11.4 Å². The van der Waals surface area contributed by atoms with E-state index in [-0.39, 0.29) is 17.9 Å². The van der Waals surface area contributed by atoms with Crippen LogP contribution < -0.4 is 10.6 Å². The molecule has 11 nitrogen and oxygen atoms in total. The third kappa shape index (κ3) is 4.32. The molecule has 0 aromatic carbocycles. The third-order valence-corrected chi connectivity index (χ3v) is 6.08. The van der Waals surface area contributed by atoms with E-state index in [0.29, 0.717) is 22.8 Å². The Labute approximate surface area is 194 Å². The largest absolute Gasteiger partial charge is 0.465 e. The first-order chi connectivity index (χ1) is 16.5. The molecule has 0 unspecified atom stereocenters. The van der Waals surface area contributed by atoms with Crippen LogP contribution in [0, 0.1) is 6.92 Å². The number of fused-ring (bicyclic) bond motifs is 1. The van der Waals surface area contributed by atoms with Crippen molar-refractivity contribution in [2.45, 2.75) is 44.6 Å². The first-order valence-corrected chi connectivity index (χ1v) is 11.1. The molecular weight excluding hydrogens is 436 g/mol. The van der Waals surface area contributed by atoms with Gasteiger partial charge in [0.05, 0.1) is 11.9 Å². The highest BCUT2D eigenvalue weighted by Crippen LogP contribution is 2.34. The lowest BCUT2D eigenvalue weighted by Gasteiger charge is -2.27. The Hall–Kier alpha value is -4.28. The Morgan fingerprint density at radius 2 is 1.94 bits per heavy atom. The molecule has 0 atom stereocenters. The van der Waals surface area contributed by atoms with Gasteiger partial charge in [-0.1, -0.05) is 6.07 Å². The Balaban J connectivity index is 1.43. The van der Waals surface area contributed by atoms with Crippen LogP contribution >= 0.6 is 0 Å². The van der Waals surface area contributed by atoms with Gasteiger partial charge in [0.2, 0.25) is 0 Å². The second kappa shape index (κ2) is 8.93. The monoisotopic (exact) mass is 460 g/mol. The first kappa shape index (κ1) is 21.6. The SMILES string of the molecule is Cc1ccc(-n2nc(C3CCC(NC(=O)O)CC3)cc2NC(=O)c2cnn3cccnc23)nc1. The average molecular weight is 460 g/mol. The quantitative estimate of drug-likeness (QED) is 0.416. The number of pyridine rings is 1. The smallest absolute Gasteiger partial charge is 0.404 e. The fraction of sp³-hybridized carbons (Fsp3) is 0.304. The van der Waals surface area contributed by atoms with Crippen LogP contribution in [0.15, 0.2) is 49.1 Å². The highest BCUT2D eigenvalue weighted by atomic mass is 16.4. The average Bonchev–Trinajstić information content (AvgIpc) is 3.44. The summed E-state index contributed by atoms with van der Waals surface area (Å²) in [6.45, 7) is 1.95. The van der Waals surface area contributed by atoms with E-state index in [1.54, 1.807) is 33.9 Å². The van der Waals surface area contributed by atoms with Crippen molar-refractivity contribution < 1.29 is 14.7 Å². The van der Waals surface area contributed by atoms with Crippen LogP contribution in [0.2, 0.25) is 0 Å². The molecule has 2 amide bonds. The Morgan fingerprint density at radius 1 is 1.12 bits per heavy atom. The number of aromatic nitrogens is 6. The zero-order valence-corrected chi connectivity index (χ0v) is 18.5. The predicted octanol–water partition coefficient (Wildman–Crippen LogP) is 3.16. The Morgan fingerprint density at radius 3 is 2.68 bits per heavy atom. The molecule has 11 heteroatoms. The molecule has 1 aliphatic carbocycles. The maximum atomic E-state index is 13.1. The molecule has 1 fully saturated rings. The van der Waals surface area contributed by atoms with Gasteiger partial charge in [-0.25, -0.2) is 19.3 Å². The molecule has 34 heavy (non-hydrogen) atoms. The lowest BCUT2D eigenvalue weighted by molar-refractivity contribution is 0.102. The first-order valence-electron chi connectivity index (χ1n) is 11.1. The van der Waals surface area contributed by atoms with Crippen LogP contribution in [0.25, 0.3) is 11.5 Å². The maximum absolute atomic E-state index is 13.1. The molecule has 0 radical (unpaired) electrons. The standard InChI is InChI=1S/C23H24N8O3/c1-14-3-8-19(25-12-14)31-20(28-22(32)17-13-26-30-10-2-9-24-21(17)30)11-18(29-31)15-4-6-16(7-5-15)27-23(33)34/h2-3,8-13,15-16,27H,4-7H2,1H3,(H,28,32)(H,33,34). The normalized spacial score (nSPS) is 18.0. The zero-order valence-electron chi connectivity index (χ0n) is 18.5. The molecule has 0 spiro atoms. The predicted molar refractivity (Wildman–Crippen MR) is 123 cm³/mol. The summed E-state index contributed by atoms with van der Waals surface area (Å²) in [5.41, 5.74) is 2.67. The number of hydrogen-bond donors (Lipinski definition) is 3. The molecule has 0 bridgehead atoms. The van der Waals surface area contributed by atoms with E-state index in [1.165, 1.54) is 6.20 Å². The number of carboxylic acid groups (broad SMARTS) is 1. The second-order valence-electron chi connectivity index (χ2n) is 8.46. The van der Waals surface area contributed by atoms with Crippen LogP contribution in [-0.2, 0) is 0 Å². The van der Waals surface area contributed by atoms with Crippen molar-refractivity contribution in [3.63, 3.8) is 0 Å². The lowest BCUT2D eigenvalue weighted by atomic mass is 9.84. The van der Waals surface area contributed by atoms with Crippen LogP contribution in [0.1, 0.15) is 53.2 Å². The van der Waals surface area contributed by atoms with Crippen LogP contribution in [0.5, 0.6) is 0 Å². The van der Waals surface area contributed by atoms with E-state index in [0.717, 1.165) is 36.9 Å². The number of anilines is 1. The van der Waals surface area contributed by atoms with Crippen molar-refractivity contribution in [2.24, 2.45) is 0 Å². The molecule has 0 aliphatic heterocycles. The summed E-state index contributed by atoms with van der Waals surface area (Å²) in [7, 11) is 0. The van der Waals surface area contributed by atoms with E-state index in [4.69, 9.17) is 10.2 Å². The third-order valence-electron chi connectivity index (χ3n) is 6.08. The summed E-state index contributed by atoms with van der Waals surface area (Å²) in [4.78, 5) is 32.8. The number of aryl methyl sites for hydroxylation is 1. The minimum Gasteiger partial charge on any atom is -0.465 e. The van der Waals surface area contributed by atoms with Gasteiger partial charge in [-0.2, -0.15) is 14.9 Å². The van der Waals surface area contributed by atoms with E-state index in [9.17, 15) is 9.59 Å². The van der Waals surface area contributed by atoms with Gasteiger partial charge in [-0.15, -0.1) is 0 Å². The highest BCUT2D eigenvalue weighted by molar-refractivity contribution is 6.07. The highest BCUT2D eigenvalue weighted by Gasteiger charge is 2.27. The van der Waals surface area contributed by atoms with Gasteiger partial charge in [-0.05, 0) is 50.3 Å². The van der Waals surface area contributed by atoms with E-state index in [1.807, 2.05) is 25.1 Å². The van der Waals surface area contributed by atoms with Crippen LogP contribution in [-0.4, -0.2) is 52.5 Å². The minimum absolute atomic E-state index is 0.0445. The van der Waals surface area contributed by atoms with Crippen molar-refractivity contribution in [1.82, 2.24) is 34.7 Å². The Bertz CT molecular complexity index is 1340. The lowest BCUT2D eigenvalue weighted by Crippen LogP contribution is -2.36. The summed E-state index contributed by atoms with van der Waals surface area (Å²) < 4.78 is 3.18. The minimum atomic E-state index is -0.995. The fourth-order valence-electron chi connectivity index (χ4n) is 4.33. The molecular formula is C23H24N8O3. The molecule has 4 aromatic heterocycles. The van der Waals surface area contributed by atoms with Crippen LogP contribution in [0.4, 0.5) is 10.6 Å². The number of amides is 2. The molecule has 174 valence electrons. The van der Waals surface area contributed by atoms with Crippen molar-refractivity contribution >= 4 is 23.5 Å². The summed E-state index contributed by atoms with van der Waals surface area (Å²) in [6, 6.07) is 7.36. The number of hydrogen-bond acceptors (Lipinski definition) is 6. The van der Waals surface area contributed by atoms with Gasteiger partial charge in [0.15, 0.2) is 11.5 Å². The van der Waals surface area contributed by atoms with Gasteiger partial charge >= 0.3 is 6.09 Å². The van der Waals surface area contributed by atoms with Gasteiger partial charge in [-0.3, -0.25) is 4.79 Å². The molecule has 1 saturated carbocycles.